The Labute approximate surface area is 81.8 Å². The maximum Gasteiger partial charge on any atom is 0.445 e. The van der Waals surface area contributed by atoms with Gasteiger partial charge in [0.25, 0.3) is 6.08 Å². The van der Waals surface area contributed by atoms with E-state index >= 15 is 0 Å². The maximum atomic E-state index is 11.0. The van der Waals surface area contributed by atoms with Crippen molar-refractivity contribution >= 4 is 0 Å². The highest BCUT2D eigenvalue weighted by molar-refractivity contribution is 4.93. The molecule has 0 saturated heterocycles. The molecule has 0 nitrogen and oxygen atoms in total. The van der Waals surface area contributed by atoms with Gasteiger partial charge in [0.2, 0.25) is 5.83 Å². The van der Waals surface area contributed by atoms with Gasteiger partial charge in [-0.1, -0.05) is 0 Å². The zero-order valence-corrected chi connectivity index (χ0v) is 6.93. The monoisotopic (exact) mass is 264 g/mol. The van der Waals surface area contributed by atoms with Crippen molar-refractivity contribution in [3.8, 4) is 0 Å². The first-order valence-corrected chi connectivity index (χ1v) is 3.04. The van der Waals surface area contributed by atoms with Crippen molar-refractivity contribution in [2.45, 2.75) is 12.4 Å². The van der Waals surface area contributed by atoms with Crippen LogP contribution in [-0.4, -0.2) is 12.4 Å². The second-order valence-electron chi connectivity index (χ2n) is 1.93. The van der Waals surface area contributed by atoms with Crippen LogP contribution < -0.4 is 0 Å². The molecule has 0 heterocycles. The molecule has 0 amide bonds. The topological polar surface area (TPSA) is 0 Å². The summed E-state index contributed by atoms with van der Waals surface area (Å²) >= 11 is 0. The minimum absolute atomic E-state index is 1.06. The predicted octanol–water partition coefficient (Wildman–Crippen LogP) is 4.66. The van der Waals surface area contributed by atoms with E-state index in [0.29, 0.717) is 0 Å². The summed E-state index contributed by atoms with van der Waals surface area (Å²) in [6, 6.07) is 0. The highest BCUT2D eigenvalue weighted by atomic mass is 19.4. The highest BCUT2D eigenvalue weighted by Gasteiger charge is 2.34. The summed E-state index contributed by atoms with van der Waals surface area (Å²) in [6.07, 6.45) is -15.0. The van der Waals surface area contributed by atoms with E-state index in [2.05, 4.69) is 0 Å². The van der Waals surface area contributed by atoms with Gasteiger partial charge in [-0.3, -0.25) is 0 Å². The van der Waals surface area contributed by atoms with Crippen LogP contribution in [-0.2, 0) is 0 Å². The van der Waals surface area contributed by atoms with Crippen molar-refractivity contribution in [1.29, 1.82) is 0 Å². The van der Waals surface area contributed by atoms with Gasteiger partial charge in [-0.2, -0.15) is 39.5 Å². The number of halogens is 10. The molecule has 0 rings (SSSR count). The van der Waals surface area contributed by atoms with E-state index in [4.69, 9.17) is 0 Å². The Kier molecular flexibility index (Phi) is 6.85. The van der Waals surface area contributed by atoms with E-state index in [-0.39, 0.29) is 0 Å². The van der Waals surface area contributed by atoms with Gasteiger partial charge >= 0.3 is 12.4 Å². The molecule has 0 unspecified atom stereocenters. The Morgan fingerprint density at radius 1 is 0.812 bits per heavy atom. The second kappa shape index (κ2) is 6.38. The van der Waals surface area contributed by atoms with Crippen molar-refractivity contribution in [2.24, 2.45) is 0 Å². The first-order chi connectivity index (χ1) is 6.90. The normalized spacial score (nSPS) is 12.8. The summed E-state index contributed by atoms with van der Waals surface area (Å²) in [7, 11) is 0. The molecule has 0 N–H and O–H groups in total. The minimum Gasteiger partial charge on any atom is -0.212 e. The van der Waals surface area contributed by atoms with Crippen LogP contribution in [0.25, 0.3) is 0 Å². The van der Waals surface area contributed by atoms with Crippen LogP contribution in [0.1, 0.15) is 0 Å². The van der Waals surface area contributed by atoms with E-state index in [9.17, 15) is 43.9 Å². The SMILES string of the molecule is FC(F)=CC(F)(F)F.FC=C(F)C(F)(F)F. The van der Waals surface area contributed by atoms with Crippen LogP contribution in [0.5, 0.6) is 0 Å². The average molecular weight is 264 g/mol. The van der Waals surface area contributed by atoms with Crippen molar-refractivity contribution in [3.63, 3.8) is 0 Å². The quantitative estimate of drug-likeness (QED) is 0.558. The van der Waals surface area contributed by atoms with Gasteiger partial charge in [0.15, 0.2) is 0 Å². The molecule has 0 radical (unpaired) electrons. The Balaban J connectivity index is 0. The molecule has 0 atom stereocenters. The Morgan fingerprint density at radius 2 is 1.19 bits per heavy atom. The largest absolute Gasteiger partial charge is 0.445 e. The van der Waals surface area contributed by atoms with Gasteiger partial charge in [-0.25, -0.2) is 4.39 Å². The zero-order valence-electron chi connectivity index (χ0n) is 6.93. The lowest BCUT2D eigenvalue weighted by Crippen LogP contribution is -2.06. The summed E-state index contributed by atoms with van der Waals surface area (Å²) in [6.45, 7) is 0. The van der Waals surface area contributed by atoms with Crippen LogP contribution >= 0.6 is 0 Å². The summed E-state index contributed by atoms with van der Waals surface area (Å²) in [5, 5.41) is 0. The fourth-order valence-corrected chi connectivity index (χ4v) is 0.186. The average Bonchev–Trinajstić information content (AvgIpc) is 1.97. The third-order valence-electron chi connectivity index (χ3n) is 0.639. The number of alkyl halides is 6. The molecule has 16 heavy (non-hydrogen) atoms. The van der Waals surface area contributed by atoms with Crippen LogP contribution in [0, 0.1) is 0 Å². The minimum atomic E-state index is -5.17. The van der Waals surface area contributed by atoms with Crippen LogP contribution in [0.2, 0.25) is 0 Å². The van der Waals surface area contributed by atoms with E-state index in [1.165, 1.54) is 0 Å². The van der Waals surface area contributed by atoms with Gasteiger partial charge in [-0.15, -0.1) is 0 Å². The molecule has 0 saturated carbocycles. The molecule has 0 spiro atoms. The molecule has 0 aliphatic heterocycles. The highest BCUT2D eigenvalue weighted by Crippen LogP contribution is 2.25. The lowest BCUT2D eigenvalue weighted by Gasteiger charge is -1.97. The Hall–Kier alpha value is -1.22. The van der Waals surface area contributed by atoms with Crippen LogP contribution in [0.4, 0.5) is 43.9 Å². The molecule has 96 valence electrons. The van der Waals surface area contributed by atoms with Crippen LogP contribution in [0.15, 0.2) is 24.3 Å². The lowest BCUT2D eigenvalue weighted by atomic mass is 10.6. The lowest BCUT2D eigenvalue weighted by molar-refractivity contribution is -0.109. The van der Waals surface area contributed by atoms with Gasteiger partial charge in [0.05, 0.1) is 6.08 Å². The smallest absolute Gasteiger partial charge is 0.212 e. The van der Waals surface area contributed by atoms with Crippen molar-refractivity contribution in [2.75, 3.05) is 0 Å². The summed E-state index contributed by atoms with van der Waals surface area (Å²) in [4.78, 5) is 0. The first-order valence-electron chi connectivity index (χ1n) is 3.04. The molecule has 0 fully saturated rings. The molecule has 0 bridgehead atoms. The van der Waals surface area contributed by atoms with E-state index < -0.39 is 36.7 Å². The Bertz CT molecular complexity index is 249. The molecular weight excluding hydrogens is 262 g/mol. The molecule has 10 heteroatoms. The fourth-order valence-electron chi connectivity index (χ4n) is 0.186. The Morgan fingerprint density at radius 3 is 1.19 bits per heavy atom. The van der Waals surface area contributed by atoms with Crippen LogP contribution in [0.3, 0.4) is 0 Å². The first kappa shape index (κ1) is 17.2. The third-order valence-corrected chi connectivity index (χ3v) is 0.639. The molecule has 0 aliphatic rings. The standard InChI is InChI=1S/2C3HF5/c4-1-2(5)3(6,7)8;4-2(5)1-3(6,7)8/h2*1H. The van der Waals surface area contributed by atoms with Gasteiger partial charge in [0, 0.05) is 0 Å². The number of rotatable bonds is 0. The number of hydrogen-bond acceptors (Lipinski definition) is 0. The van der Waals surface area contributed by atoms with Gasteiger partial charge < -0.3 is 0 Å². The molecular formula is C6H2F10. The maximum absolute atomic E-state index is 11.0. The summed E-state index contributed by atoms with van der Waals surface area (Å²) < 4.78 is 108. The van der Waals surface area contributed by atoms with Gasteiger partial charge in [0.1, 0.15) is 6.33 Å². The van der Waals surface area contributed by atoms with E-state index in [1.54, 1.807) is 0 Å². The molecule has 0 aromatic rings. The molecule has 0 aromatic heterocycles. The summed E-state index contributed by atoms with van der Waals surface area (Å²) in [5.41, 5.74) is 0. The van der Waals surface area contributed by atoms with Crippen molar-refractivity contribution in [3.05, 3.63) is 24.3 Å². The second-order valence-corrected chi connectivity index (χ2v) is 1.93. The number of hydrogen-bond donors (Lipinski definition) is 0. The number of allylic oxidation sites excluding steroid dienone is 2. The van der Waals surface area contributed by atoms with E-state index in [1.807, 2.05) is 0 Å². The predicted molar refractivity (Wildman–Crippen MR) is 32.7 cm³/mol. The van der Waals surface area contributed by atoms with Crippen molar-refractivity contribution in [1.82, 2.24) is 0 Å². The van der Waals surface area contributed by atoms with E-state index in [0.717, 1.165) is 0 Å². The zero-order chi connectivity index (χ0) is 13.6. The van der Waals surface area contributed by atoms with Crippen molar-refractivity contribution < 1.29 is 43.9 Å². The molecule has 0 aromatic carbocycles. The fraction of sp³-hybridized carbons (Fsp3) is 0.333. The molecule has 0 aliphatic carbocycles. The summed E-state index contributed by atoms with van der Waals surface area (Å²) in [5.74, 6) is -2.71. The van der Waals surface area contributed by atoms with Gasteiger partial charge in [-0.05, 0) is 0 Å². The third kappa shape index (κ3) is 12.8.